The maximum Gasteiger partial charge on any atom is 0.338 e. The van der Waals surface area contributed by atoms with E-state index in [1.54, 1.807) is 12.1 Å². The second kappa shape index (κ2) is 7.38. The Morgan fingerprint density at radius 1 is 1.15 bits per heavy atom. The zero-order chi connectivity index (χ0) is 19.4. The number of rotatable bonds is 6. The number of benzene rings is 2. The molecule has 1 aromatic heterocycles. The largest absolute Gasteiger partial charge is 0.478 e. The minimum atomic E-state index is -4.14. The zero-order valence-corrected chi connectivity index (χ0v) is 14.4. The summed E-state index contributed by atoms with van der Waals surface area (Å²) in [5, 5.41) is 8.94. The van der Waals surface area contributed by atoms with E-state index in [9.17, 15) is 17.6 Å². The molecule has 3 rings (SSSR count). The van der Waals surface area contributed by atoms with Gasteiger partial charge in [-0.1, -0.05) is 6.07 Å². The van der Waals surface area contributed by atoms with Crippen molar-refractivity contribution in [2.24, 2.45) is 0 Å². The van der Waals surface area contributed by atoms with Crippen molar-refractivity contribution in [2.75, 3.05) is 4.72 Å². The molecule has 0 amide bonds. The highest BCUT2D eigenvalue weighted by atomic mass is 32.2. The summed E-state index contributed by atoms with van der Waals surface area (Å²) in [5.74, 6) is -2.06. The molecule has 2 aromatic carbocycles. The molecule has 0 unspecified atom stereocenters. The van der Waals surface area contributed by atoms with Crippen molar-refractivity contribution in [1.29, 1.82) is 0 Å². The molecule has 0 saturated heterocycles. The first-order valence-electron chi connectivity index (χ1n) is 7.45. The van der Waals surface area contributed by atoms with E-state index < -0.39 is 27.4 Å². The predicted octanol–water partition coefficient (Wildman–Crippen LogP) is 2.91. The maximum absolute atomic E-state index is 13.5. The normalized spacial score (nSPS) is 11.0. The second-order valence-electron chi connectivity index (χ2n) is 5.23. The highest BCUT2D eigenvalue weighted by Gasteiger charge is 2.19. The van der Waals surface area contributed by atoms with Crippen molar-refractivity contribution >= 4 is 21.7 Å². The molecule has 27 heavy (non-hydrogen) atoms. The third-order valence-electron chi connectivity index (χ3n) is 3.33. The van der Waals surface area contributed by atoms with Gasteiger partial charge < -0.3 is 9.84 Å². The molecule has 2 N–H and O–H groups in total. The summed E-state index contributed by atoms with van der Waals surface area (Å²) in [5.41, 5.74) is -0.574. The first-order chi connectivity index (χ1) is 12.8. The predicted molar refractivity (Wildman–Crippen MR) is 92.7 cm³/mol. The summed E-state index contributed by atoms with van der Waals surface area (Å²) in [4.78, 5) is 18.4. The lowest BCUT2D eigenvalue weighted by molar-refractivity contribution is 0.0691. The SMILES string of the molecule is O=C(O)c1cc(S(=O)(=O)Nc2cccc(Oc3cnccn3)c2)ccc1F. The number of carboxylic acids is 1. The van der Waals surface area contributed by atoms with Crippen LogP contribution in [-0.4, -0.2) is 29.5 Å². The molecule has 0 aliphatic heterocycles. The summed E-state index contributed by atoms with van der Waals surface area (Å²) in [7, 11) is -4.14. The van der Waals surface area contributed by atoms with E-state index in [0.717, 1.165) is 18.2 Å². The number of aromatic carboxylic acids is 1. The van der Waals surface area contributed by atoms with Crippen LogP contribution in [0.3, 0.4) is 0 Å². The molecule has 0 radical (unpaired) electrons. The molecule has 0 aliphatic rings. The van der Waals surface area contributed by atoms with Crippen LogP contribution < -0.4 is 9.46 Å². The number of carboxylic acid groups (broad SMARTS) is 1. The van der Waals surface area contributed by atoms with Gasteiger partial charge in [0.2, 0.25) is 5.88 Å². The van der Waals surface area contributed by atoms with Crippen LogP contribution in [0.1, 0.15) is 10.4 Å². The van der Waals surface area contributed by atoms with Crippen LogP contribution in [0.2, 0.25) is 0 Å². The van der Waals surface area contributed by atoms with Crippen molar-refractivity contribution in [2.45, 2.75) is 4.90 Å². The topological polar surface area (TPSA) is 118 Å². The van der Waals surface area contributed by atoms with Gasteiger partial charge in [-0.3, -0.25) is 9.71 Å². The summed E-state index contributed by atoms with van der Waals surface area (Å²) in [6.07, 6.45) is 4.31. The van der Waals surface area contributed by atoms with Crippen LogP contribution in [0.25, 0.3) is 0 Å². The van der Waals surface area contributed by atoms with E-state index in [1.165, 1.54) is 30.7 Å². The molecule has 0 bridgehead atoms. The molecule has 8 nitrogen and oxygen atoms in total. The number of nitrogens with zero attached hydrogens (tertiary/aromatic N) is 2. The monoisotopic (exact) mass is 389 g/mol. The molecule has 0 atom stereocenters. The van der Waals surface area contributed by atoms with Gasteiger partial charge in [-0.05, 0) is 30.3 Å². The van der Waals surface area contributed by atoms with E-state index in [1.807, 2.05) is 0 Å². The lowest BCUT2D eigenvalue weighted by Crippen LogP contribution is -2.14. The third kappa shape index (κ3) is 4.36. The van der Waals surface area contributed by atoms with Gasteiger partial charge in [-0.25, -0.2) is 22.6 Å². The Labute approximate surface area is 153 Å². The third-order valence-corrected chi connectivity index (χ3v) is 4.71. The number of hydrogen-bond acceptors (Lipinski definition) is 6. The summed E-state index contributed by atoms with van der Waals surface area (Å²) in [6.45, 7) is 0. The fourth-order valence-electron chi connectivity index (χ4n) is 2.13. The highest BCUT2D eigenvalue weighted by molar-refractivity contribution is 7.92. The average molecular weight is 389 g/mol. The second-order valence-corrected chi connectivity index (χ2v) is 6.91. The molecule has 1 heterocycles. The van der Waals surface area contributed by atoms with Crippen LogP contribution in [0.5, 0.6) is 11.6 Å². The van der Waals surface area contributed by atoms with Gasteiger partial charge in [0.15, 0.2) is 0 Å². The van der Waals surface area contributed by atoms with Gasteiger partial charge in [0, 0.05) is 18.5 Å². The lowest BCUT2D eigenvalue weighted by atomic mass is 10.2. The first kappa shape index (κ1) is 18.3. The fourth-order valence-corrected chi connectivity index (χ4v) is 3.21. The Bertz CT molecular complexity index is 1090. The van der Waals surface area contributed by atoms with Crippen molar-refractivity contribution in [3.8, 4) is 11.6 Å². The van der Waals surface area contributed by atoms with Gasteiger partial charge in [0.1, 0.15) is 11.6 Å². The van der Waals surface area contributed by atoms with Gasteiger partial charge in [0.05, 0.1) is 22.3 Å². The average Bonchev–Trinajstić information content (AvgIpc) is 2.62. The fraction of sp³-hybridized carbons (Fsp3) is 0. The number of anilines is 1. The Kier molecular flexibility index (Phi) is 4.99. The Morgan fingerprint density at radius 2 is 1.96 bits per heavy atom. The van der Waals surface area contributed by atoms with Crippen molar-refractivity contribution in [3.63, 3.8) is 0 Å². The number of ether oxygens (including phenoxy) is 1. The van der Waals surface area contributed by atoms with E-state index in [4.69, 9.17) is 9.84 Å². The number of sulfonamides is 1. The molecular weight excluding hydrogens is 377 g/mol. The number of halogens is 1. The van der Waals surface area contributed by atoms with Crippen LogP contribution >= 0.6 is 0 Å². The minimum absolute atomic E-state index is 0.164. The Morgan fingerprint density at radius 3 is 2.67 bits per heavy atom. The molecule has 10 heteroatoms. The molecule has 0 aliphatic carbocycles. The maximum atomic E-state index is 13.5. The molecular formula is C17H12FN3O5S. The molecule has 138 valence electrons. The van der Waals surface area contributed by atoms with Crippen LogP contribution in [-0.2, 0) is 10.0 Å². The van der Waals surface area contributed by atoms with Crippen LogP contribution in [0.15, 0.2) is 66.0 Å². The summed E-state index contributed by atoms with van der Waals surface area (Å²) in [6, 6.07) is 8.54. The summed E-state index contributed by atoms with van der Waals surface area (Å²) < 4.78 is 46.2. The van der Waals surface area contributed by atoms with Gasteiger partial charge in [-0.15, -0.1) is 0 Å². The smallest absolute Gasteiger partial charge is 0.338 e. The molecule has 0 saturated carbocycles. The molecule has 0 spiro atoms. The number of hydrogen-bond donors (Lipinski definition) is 2. The number of aromatic nitrogens is 2. The van der Waals surface area contributed by atoms with Gasteiger partial charge >= 0.3 is 5.97 Å². The number of nitrogens with one attached hydrogen (secondary N) is 1. The van der Waals surface area contributed by atoms with Gasteiger partial charge in [-0.2, -0.15) is 0 Å². The Hall–Kier alpha value is -3.53. The highest BCUT2D eigenvalue weighted by Crippen LogP contribution is 2.24. The Balaban J connectivity index is 1.85. The first-order valence-corrected chi connectivity index (χ1v) is 8.93. The minimum Gasteiger partial charge on any atom is -0.478 e. The molecule has 3 aromatic rings. The van der Waals surface area contributed by atoms with E-state index in [2.05, 4.69) is 14.7 Å². The van der Waals surface area contributed by atoms with Crippen LogP contribution in [0, 0.1) is 5.82 Å². The van der Waals surface area contributed by atoms with E-state index >= 15 is 0 Å². The van der Waals surface area contributed by atoms with Crippen molar-refractivity contribution in [1.82, 2.24) is 9.97 Å². The standard InChI is InChI=1S/C17H12FN3O5S/c18-15-5-4-13(9-14(15)17(22)23)27(24,25)21-11-2-1-3-12(8-11)26-16-10-19-6-7-20-16/h1-10,21H,(H,22,23). The van der Waals surface area contributed by atoms with Crippen molar-refractivity contribution < 1.29 is 27.4 Å². The molecule has 0 fully saturated rings. The quantitative estimate of drug-likeness (QED) is 0.665. The van der Waals surface area contributed by atoms with Gasteiger partial charge in [0.25, 0.3) is 10.0 Å². The zero-order valence-electron chi connectivity index (χ0n) is 13.5. The van der Waals surface area contributed by atoms with Crippen LogP contribution in [0.4, 0.5) is 10.1 Å². The van der Waals surface area contributed by atoms with E-state index in [0.29, 0.717) is 5.75 Å². The van der Waals surface area contributed by atoms with E-state index in [-0.39, 0.29) is 16.5 Å². The lowest BCUT2D eigenvalue weighted by Gasteiger charge is -2.10. The summed E-state index contributed by atoms with van der Waals surface area (Å²) >= 11 is 0. The van der Waals surface area contributed by atoms with Crippen molar-refractivity contribution in [3.05, 3.63) is 72.4 Å². The number of carbonyl (C=O) groups is 1.